The first kappa shape index (κ1) is 22.7. The van der Waals surface area contributed by atoms with Crippen molar-refractivity contribution >= 4 is 11.8 Å². The molecular formula is C15H31N3O6. The highest BCUT2D eigenvalue weighted by atomic mass is 16.5. The summed E-state index contributed by atoms with van der Waals surface area (Å²) in [4.78, 5) is 21.7. The predicted molar refractivity (Wildman–Crippen MR) is 88.6 cm³/mol. The maximum absolute atomic E-state index is 11.3. The number of rotatable bonds is 18. The lowest BCUT2D eigenvalue weighted by molar-refractivity contribution is -0.129. The van der Waals surface area contributed by atoms with E-state index in [4.69, 9.17) is 24.7 Å². The Labute approximate surface area is 143 Å². The van der Waals surface area contributed by atoms with Crippen molar-refractivity contribution in [2.45, 2.75) is 12.8 Å². The van der Waals surface area contributed by atoms with Gasteiger partial charge >= 0.3 is 0 Å². The maximum Gasteiger partial charge on any atom is 0.246 e. The second kappa shape index (κ2) is 18.1. The molecule has 0 unspecified atom stereocenters. The van der Waals surface area contributed by atoms with Gasteiger partial charge in [-0.05, 0) is 26.4 Å². The van der Waals surface area contributed by atoms with Gasteiger partial charge in [0.25, 0.3) is 0 Å². The second-order valence-electron chi connectivity index (χ2n) is 4.96. The van der Waals surface area contributed by atoms with Crippen LogP contribution >= 0.6 is 0 Å². The van der Waals surface area contributed by atoms with Crippen LogP contribution in [0.15, 0.2) is 0 Å². The molecule has 24 heavy (non-hydrogen) atoms. The third kappa shape index (κ3) is 18.8. The molecule has 9 heteroatoms. The van der Waals surface area contributed by atoms with Gasteiger partial charge in [-0.2, -0.15) is 0 Å². The third-order valence-corrected chi connectivity index (χ3v) is 2.72. The van der Waals surface area contributed by atoms with Crippen LogP contribution in [0.25, 0.3) is 0 Å². The summed E-state index contributed by atoms with van der Waals surface area (Å²) in [6.07, 6.45) is 1.68. The summed E-state index contributed by atoms with van der Waals surface area (Å²) in [5, 5.41) is 5.70. The van der Waals surface area contributed by atoms with Gasteiger partial charge in [-0.15, -0.1) is 0 Å². The zero-order valence-corrected chi connectivity index (χ0v) is 14.5. The van der Waals surface area contributed by atoms with E-state index in [-0.39, 0.29) is 19.1 Å². The van der Waals surface area contributed by atoms with E-state index in [1.54, 1.807) is 0 Å². The molecule has 0 bridgehead atoms. The van der Waals surface area contributed by atoms with Gasteiger partial charge in [0.05, 0.1) is 26.4 Å². The number of ether oxygens (including phenoxy) is 4. The van der Waals surface area contributed by atoms with E-state index < -0.39 is 5.91 Å². The van der Waals surface area contributed by atoms with Crippen molar-refractivity contribution in [3.05, 3.63) is 0 Å². The van der Waals surface area contributed by atoms with Crippen molar-refractivity contribution in [2.75, 3.05) is 73.0 Å². The summed E-state index contributed by atoms with van der Waals surface area (Å²) in [7, 11) is 1.91. The first-order valence-corrected chi connectivity index (χ1v) is 8.17. The smallest absolute Gasteiger partial charge is 0.246 e. The summed E-state index contributed by atoms with van der Waals surface area (Å²) in [6, 6.07) is 0. The Hall–Kier alpha value is -1.26. The van der Waals surface area contributed by atoms with Crippen molar-refractivity contribution in [2.24, 2.45) is 5.73 Å². The molecule has 2 amide bonds. The molecule has 0 aliphatic heterocycles. The van der Waals surface area contributed by atoms with Crippen LogP contribution < -0.4 is 16.4 Å². The topological polar surface area (TPSA) is 121 Å². The van der Waals surface area contributed by atoms with Gasteiger partial charge < -0.3 is 35.3 Å². The molecule has 0 aliphatic carbocycles. The number of amides is 2. The molecule has 0 aromatic heterocycles. The van der Waals surface area contributed by atoms with E-state index in [1.165, 1.54) is 0 Å². The van der Waals surface area contributed by atoms with Crippen LogP contribution in [-0.4, -0.2) is 84.8 Å². The van der Waals surface area contributed by atoms with Crippen LogP contribution in [0.5, 0.6) is 0 Å². The number of hydrogen-bond acceptors (Lipinski definition) is 7. The van der Waals surface area contributed by atoms with E-state index in [1.807, 2.05) is 7.05 Å². The fourth-order valence-corrected chi connectivity index (χ4v) is 1.59. The van der Waals surface area contributed by atoms with Crippen molar-refractivity contribution in [3.63, 3.8) is 0 Å². The number of nitrogens with two attached hydrogens (primary N) is 1. The van der Waals surface area contributed by atoms with Crippen molar-refractivity contribution in [1.82, 2.24) is 10.6 Å². The van der Waals surface area contributed by atoms with Crippen LogP contribution in [0.2, 0.25) is 0 Å². The molecule has 0 heterocycles. The molecule has 0 rings (SSSR count). The van der Waals surface area contributed by atoms with E-state index in [0.29, 0.717) is 46.0 Å². The van der Waals surface area contributed by atoms with Gasteiger partial charge in [0.2, 0.25) is 11.8 Å². The Morgan fingerprint density at radius 1 is 0.792 bits per heavy atom. The molecule has 0 radical (unpaired) electrons. The summed E-state index contributed by atoms with van der Waals surface area (Å²) in [5.41, 5.74) is 4.88. The first-order valence-electron chi connectivity index (χ1n) is 8.17. The SMILES string of the molecule is CNCCCOCCOCCOCCCNC(=O)COCC(N)=O. The molecule has 142 valence electrons. The van der Waals surface area contributed by atoms with Gasteiger partial charge in [0.1, 0.15) is 13.2 Å². The molecule has 9 nitrogen and oxygen atoms in total. The first-order chi connectivity index (χ1) is 11.7. The Morgan fingerprint density at radius 3 is 1.88 bits per heavy atom. The normalized spacial score (nSPS) is 10.7. The van der Waals surface area contributed by atoms with Gasteiger partial charge in [0.15, 0.2) is 0 Å². The van der Waals surface area contributed by atoms with E-state index in [2.05, 4.69) is 10.6 Å². The maximum atomic E-state index is 11.3. The van der Waals surface area contributed by atoms with Gasteiger partial charge in [-0.1, -0.05) is 0 Å². The summed E-state index contributed by atoms with van der Waals surface area (Å²) < 4.78 is 20.9. The zero-order valence-electron chi connectivity index (χ0n) is 14.5. The van der Waals surface area contributed by atoms with E-state index in [0.717, 1.165) is 19.6 Å². The average molecular weight is 349 g/mol. The molecule has 0 atom stereocenters. The van der Waals surface area contributed by atoms with Crippen LogP contribution in [0.3, 0.4) is 0 Å². The highest BCUT2D eigenvalue weighted by Crippen LogP contribution is 1.85. The van der Waals surface area contributed by atoms with Crippen molar-refractivity contribution < 1.29 is 28.5 Å². The highest BCUT2D eigenvalue weighted by molar-refractivity contribution is 5.78. The predicted octanol–water partition coefficient (Wildman–Crippen LogP) is -1.35. The fourth-order valence-electron chi connectivity index (χ4n) is 1.59. The lowest BCUT2D eigenvalue weighted by atomic mass is 10.4. The zero-order chi connectivity index (χ0) is 17.9. The molecule has 0 saturated carbocycles. The molecule has 0 saturated heterocycles. The van der Waals surface area contributed by atoms with Gasteiger partial charge in [-0.3, -0.25) is 9.59 Å². The van der Waals surface area contributed by atoms with E-state index >= 15 is 0 Å². The number of carbonyl (C=O) groups excluding carboxylic acids is 2. The summed E-state index contributed by atoms with van der Waals surface area (Å²) in [6.45, 7) is 4.47. The van der Waals surface area contributed by atoms with E-state index in [9.17, 15) is 9.59 Å². The minimum atomic E-state index is -0.598. The molecule has 4 N–H and O–H groups in total. The van der Waals surface area contributed by atoms with Crippen LogP contribution in [0.4, 0.5) is 0 Å². The monoisotopic (exact) mass is 349 g/mol. The van der Waals surface area contributed by atoms with Gasteiger partial charge in [0, 0.05) is 19.8 Å². The Balaban J connectivity index is 3.12. The van der Waals surface area contributed by atoms with Gasteiger partial charge in [-0.25, -0.2) is 0 Å². The van der Waals surface area contributed by atoms with Crippen molar-refractivity contribution in [1.29, 1.82) is 0 Å². The number of primary amides is 1. The quantitative estimate of drug-likeness (QED) is 0.262. The van der Waals surface area contributed by atoms with Crippen LogP contribution in [0, 0.1) is 0 Å². The molecule has 0 fully saturated rings. The summed E-state index contributed by atoms with van der Waals surface area (Å²) >= 11 is 0. The standard InChI is InChI=1S/C15H31N3O6/c1-17-4-2-6-21-8-10-23-11-9-22-7-3-5-18-15(20)13-24-12-14(16)19/h17H,2-13H2,1H3,(H2,16,19)(H,18,20). The minimum Gasteiger partial charge on any atom is -0.379 e. The largest absolute Gasteiger partial charge is 0.379 e. The molecule has 0 aromatic rings. The molecule has 0 aromatic carbocycles. The second-order valence-corrected chi connectivity index (χ2v) is 4.96. The number of nitrogens with one attached hydrogen (secondary N) is 2. The third-order valence-electron chi connectivity index (χ3n) is 2.72. The summed E-state index contributed by atoms with van der Waals surface area (Å²) in [5.74, 6) is -0.881. The van der Waals surface area contributed by atoms with Crippen LogP contribution in [-0.2, 0) is 28.5 Å². The van der Waals surface area contributed by atoms with Crippen molar-refractivity contribution in [3.8, 4) is 0 Å². The Bertz CT molecular complexity index is 318. The minimum absolute atomic E-state index is 0.172. The Morgan fingerprint density at radius 2 is 1.33 bits per heavy atom. The van der Waals surface area contributed by atoms with Crippen LogP contribution in [0.1, 0.15) is 12.8 Å². The average Bonchev–Trinajstić information content (AvgIpc) is 2.55. The lowest BCUT2D eigenvalue weighted by Gasteiger charge is -2.07. The lowest BCUT2D eigenvalue weighted by Crippen LogP contribution is -2.30. The number of carbonyl (C=O) groups is 2. The fraction of sp³-hybridized carbons (Fsp3) is 0.867. The Kier molecular flexibility index (Phi) is 17.1. The molecule has 0 aliphatic rings. The highest BCUT2D eigenvalue weighted by Gasteiger charge is 2.02. The molecular weight excluding hydrogens is 318 g/mol. The number of hydrogen-bond donors (Lipinski definition) is 3. The molecule has 0 spiro atoms.